The summed E-state index contributed by atoms with van der Waals surface area (Å²) < 4.78 is 19.5. The Labute approximate surface area is 117 Å². The molecule has 6 heteroatoms. The molecule has 110 valence electrons. The van der Waals surface area contributed by atoms with Gasteiger partial charge in [-0.2, -0.15) is 0 Å². The summed E-state index contributed by atoms with van der Waals surface area (Å²) in [7, 11) is 0. The lowest BCUT2D eigenvalue weighted by atomic mass is 10.1. The van der Waals surface area contributed by atoms with Crippen LogP contribution in [0.5, 0.6) is 0 Å². The van der Waals surface area contributed by atoms with Crippen LogP contribution in [0.3, 0.4) is 0 Å². The predicted octanol–water partition coefficient (Wildman–Crippen LogP) is 0.626. The molecule has 5 nitrogen and oxygen atoms in total. The lowest BCUT2D eigenvalue weighted by molar-refractivity contribution is -0.121. The number of anilines is 1. The molecule has 1 saturated heterocycles. The number of rotatable bonds is 5. The predicted molar refractivity (Wildman–Crippen MR) is 74.9 cm³/mol. The number of halogens is 1. The Morgan fingerprint density at radius 3 is 3.05 bits per heavy atom. The summed E-state index contributed by atoms with van der Waals surface area (Å²) in [6.07, 6.45) is 0. The maximum Gasteiger partial charge on any atom is 0.242 e. The molecule has 20 heavy (non-hydrogen) atoms. The van der Waals surface area contributed by atoms with Gasteiger partial charge < -0.3 is 20.7 Å². The Hall–Kier alpha value is -1.66. The number of nitrogens with zero attached hydrogens (tertiary/aromatic N) is 1. The summed E-state index contributed by atoms with van der Waals surface area (Å²) in [4.78, 5) is 13.1. The number of carbonyl (C=O) groups is 1. The van der Waals surface area contributed by atoms with Gasteiger partial charge in [0.2, 0.25) is 5.91 Å². The molecule has 3 N–H and O–H groups in total. The minimum Gasteiger partial charge on any atom is -0.377 e. The Bertz CT molecular complexity index is 481. The van der Waals surface area contributed by atoms with E-state index >= 15 is 0 Å². The third-order valence-electron chi connectivity index (χ3n) is 3.36. The highest BCUT2D eigenvalue weighted by Crippen LogP contribution is 2.24. The molecule has 1 amide bonds. The average Bonchev–Trinajstić information content (AvgIpc) is 2.45. The van der Waals surface area contributed by atoms with E-state index in [4.69, 9.17) is 10.5 Å². The molecule has 0 bridgehead atoms. The molecular formula is C14H20FN3O2. The van der Waals surface area contributed by atoms with Gasteiger partial charge in [0.1, 0.15) is 11.9 Å². The zero-order chi connectivity index (χ0) is 14.5. The first-order valence-electron chi connectivity index (χ1n) is 6.76. The molecule has 1 heterocycles. The van der Waals surface area contributed by atoms with Crippen molar-refractivity contribution in [2.45, 2.75) is 19.5 Å². The molecule has 1 aliphatic heterocycles. The van der Waals surface area contributed by atoms with Crippen LogP contribution in [-0.2, 0) is 16.1 Å². The summed E-state index contributed by atoms with van der Waals surface area (Å²) in [6, 6.07) is 4.43. The normalized spacial score (nSPS) is 19.1. The lowest BCUT2D eigenvalue weighted by Crippen LogP contribution is -2.53. The van der Waals surface area contributed by atoms with Crippen molar-refractivity contribution in [3.63, 3.8) is 0 Å². The maximum atomic E-state index is 14.2. The summed E-state index contributed by atoms with van der Waals surface area (Å²) in [5, 5.41) is 3.14. The molecule has 1 aliphatic rings. The van der Waals surface area contributed by atoms with Crippen molar-refractivity contribution in [3.8, 4) is 0 Å². The van der Waals surface area contributed by atoms with Crippen LogP contribution in [0.1, 0.15) is 12.5 Å². The standard InChI is InChI=1S/C14H20FN3O2/c1-2-17-8-10-3-4-12(11(15)7-10)18-5-6-20-9-13(18)14(16)19/h3-4,7,13,17H,2,5-6,8-9H2,1H3,(H2,16,19). The van der Waals surface area contributed by atoms with Crippen molar-refractivity contribution in [2.75, 3.05) is 31.2 Å². The molecule has 1 atom stereocenters. The van der Waals surface area contributed by atoms with E-state index in [0.29, 0.717) is 25.4 Å². The van der Waals surface area contributed by atoms with Crippen LogP contribution < -0.4 is 16.0 Å². The zero-order valence-corrected chi connectivity index (χ0v) is 11.6. The Morgan fingerprint density at radius 2 is 2.40 bits per heavy atom. The quantitative estimate of drug-likeness (QED) is 0.830. The lowest BCUT2D eigenvalue weighted by Gasteiger charge is -2.35. The monoisotopic (exact) mass is 281 g/mol. The third-order valence-corrected chi connectivity index (χ3v) is 3.36. The highest BCUT2D eigenvalue weighted by atomic mass is 19.1. The molecule has 0 aromatic heterocycles. The zero-order valence-electron chi connectivity index (χ0n) is 11.6. The second-order valence-electron chi connectivity index (χ2n) is 4.75. The summed E-state index contributed by atoms with van der Waals surface area (Å²) in [5.74, 6) is -0.839. The van der Waals surface area contributed by atoms with Gasteiger partial charge in [-0.05, 0) is 24.2 Å². The number of nitrogens with one attached hydrogen (secondary N) is 1. The van der Waals surface area contributed by atoms with Crippen molar-refractivity contribution >= 4 is 11.6 Å². The van der Waals surface area contributed by atoms with Crippen molar-refractivity contribution in [2.24, 2.45) is 5.73 Å². The van der Waals surface area contributed by atoms with Gasteiger partial charge in [0.05, 0.1) is 18.9 Å². The largest absolute Gasteiger partial charge is 0.377 e. The van der Waals surface area contributed by atoms with Crippen molar-refractivity contribution in [1.82, 2.24) is 5.32 Å². The van der Waals surface area contributed by atoms with Crippen molar-refractivity contribution < 1.29 is 13.9 Å². The van der Waals surface area contributed by atoms with E-state index < -0.39 is 11.9 Å². The molecule has 1 unspecified atom stereocenters. The highest BCUT2D eigenvalue weighted by Gasteiger charge is 2.29. The number of amides is 1. The van der Waals surface area contributed by atoms with Gasteiger partial charge in [0.25, 0.3) is 0 Å². The van der Waals surface area contributed by atoms with E-state index in [1.54, 1.807) is 11.0 Å². The second-order valence-corrected chi connectivity index (χ2v) is 4.75. The molecule has 0 spiro atoms. The minimum atomic E-state index is -0.613. The second kappa shape index (κ2) is 6.67. The van der Waals surface area contributed by atoms with E-state index in [9.17, 15) is 9.18 Å². The molecule has 1 aromatic rings. The van der Waals surface area contributed by atoms with Gasteiger partial charge in [-0.1, -0.05) is 13.0 Å². The van der Waals surface area contributed by atoms with E-state index in [0.717, 1.165) is 12.1 Å². The third kappa shape index (κ3) is 3.26. The Morgan fingerprint density at radius 1 is 1.60 bits per heavy atom. The van der Waals surface area contributed by atoms with Gasteiger partial charge in [-0.3, -0.25) is 4.79 Å². The first kappa shape index (κ1) is 14.7. The SMILES string of the molecule is CCNCc1ccc(N2CCOCC2C(N)=O)c(F)c1. The minimum absolute atomic E-state index is 0.202. The van der Waals surface area contributed by atoms with Crippen LogP contribution in [0.25, 0.3) is 0 Å². The van der Waals surface area contributed by atoms with Crippen LogP contribution in [0.15, 0.2) is 18.2 Å². The van der Waals surface area contributed by atoms with E-state index in [2.05, 4.69) is 5.32 Å². The first-order valence-corrected chi connectivity index (χ1v) is 6.76. The van der Waals surface area contributed by atoms with Crippen LogP contribution in [0.4, 0.5) is 10.1 Å². The van der Waals surface area contributed by atoms with Crippen LogP contribution >= 0.6 is 0 Å². The van der Waals surface area contributed by atoms with Gasteiger partial charge in [-0.15, -0.1) is 0 Å². The first-order chi connectivity index (χ1) is 9.63. The Kier molecular flexibility index (Phi) is 4.92. The van der Waals surface area contributed by atoms with Crippen molar-refractivity contribution in [3.05, 3.63) is 29.6 Å². The fraction of sp³-hybridized carbons (Fsp3) is 0.500. The molecule has 0 saturated carbocycles. The topological polar surface area (TPSA) is 67.6 Å². The number of benzene rings is 1. The Balaban J connectivity index is 2.20. The van der Waals surface area contributed by atoms with E-state index in [-0.39, 0.29) is 12.4 Å². The smallest absolute Gasteiger partial charge is 0.242 e. The molecule has 0 radical (unpaired) electrons. The average molecular weight is 281 g/mol. The summed E-state index contributed by atoms with van der Waals surface area (Å²) >= 11 is 0. The number of ether oxygens (including phenoxy) is 1. The number of nitrogens with two attached hydrogens (primary N) is 1. The fourth-order valence-corrected chi connectivity index (χ4v) is 2.29. The van der Waals surface area contributed by atoms with Crippen LogP contribution in [0.2, 0.25) is 0 Å². The number of hydrogen-bond acceptors (Lipinski definition) is 4. The van der Waals surface area contributed by atoms with Crippen molar-refractivity contribution in [1.29, 1.82) is 0 Å². The molecule has 0 aliphatic carbocycles. The highest BCUT2D eigenvalue weighted by molar-refractivity contribution is 5.84. The molecule has 1 fully saturated rings. The summed E-state index contributed by atoms with van der Waals surface area (Å²) in [6.45, 7) is 4.57. The van der Waals surface area contributed by atoms with Gasteiger partial charge in [0.15, 0.2) is 0 Å². The maximum absolute atomic E-state index is 14.2. The molecular weight excluding hydrogens is 261 g/mol. The number of primary amides is 1. The number of carbonyl (C=O) groups excluding carboxylic acids is 1. The van der Waals surface area contributed by atoms with Crippen LogP contribution in [-0.4, -0.2) is 38.3 Å². The number of morpholine rings is 1. The summed E-state index contributed by atoms with van der Waals surface area (Å²) in [5.41, 5.74) is 6.62. The van der Waals surface area contributed by atoms with Gasteiger partial charge >= 0.3 is 0 Å². The van der Waals surface area contributed by atoms with E-state index in [1.165, 1.54) is 6.07 Å². The van der Waals surface area contributed by atoms with Gasteiger partial charge in [0, 0.05) is 13.1 Å². The molecule has 2 rings (SSSR count). The van der Waals surface area contributed by atoms with Crippen LogP contribution in [0, 0.1) is 5.82 Å². The van der Waals surface area contributed by atoms with E-state index in [1.807, 2.05) is 13.0 Å². The fourth-order valence-electron chi connectivity index (χ4n) is 2.29. The number of hydrogen-bond donors (Lipinski definition) is 2. The molecule has 1 aromatic carbocycles. The van der Waals surface area contributed by atoms with Gasteiger partial charge in [-0.25, -0.2) is 4.39 Å².